The molecule has 7 nitrogen and oxygen atoms in total. The lowest BCUT2D eigenvalue weighted by Gasteiger charge is -2.10. The van der Waals surface area contributed by atoms with Crippen LogP contribution in [-0.4, -0.2) is 51.2 Å². The van der Waals surface area contributed by atoms with E-state index in [1.54, 1.807) is 0 Å². The molecule has 128 valence electrons. The Labute approximate surface area is 140 Å². The monoisotopic (exact) mass is 350 g/mol. The minimum atomic E-state index is -2.30. The number of carbonyl (C=O) groups is 2. The number of carboxylic acid groups (broad SMARTS) is 1. The van der Waals surface area contributed by atoms with Gasteiger partial charge in [-0.2, -0.15) is 0 Å². The van der Waals surface area contributed by atoms with Gasteiger partial charge in [-0.25, -0.2) is 13.6 Å². The third-order valence-electron chi connectivity index (χ3n) is 3.37. The molecule has 11 heteroatoms. The van der Waals surface area contributed by atoms with Crippen LogP contribution in [0.4, 0.5) is 8.78 Å². The second-order valence-electron chi connectivity index (χ2n) is 5.08. The minimum absolute atomic E-state index is 0.283. The van der Waals surface area contributed by atoms with Crippen molar-refractivity contribution in [3.8, 4) is 0 Å². The topological polar surface area (TPSA) is 135 Å². The predicted octanol–water partition coefficient (Wildman–Crippen LogP) is -1.75. The van der Waals surface area contributed by atoms with Crippen molar-refractivity contribution in [2.45, 2.75) is 0 Å². The largest absolute Gasteiger partial charge is 0.491 e. The maximum Gasteiger partial charge on any atom is 0.491 e. The Bertz CT molecular complexity index is 855. The molecular weight excluding hydrogens is 340 g/mol. The van der Waals surface area contributed by atoms with Crippen LogP contribution in [0.5, 0.6) is 0 Å². The highest BCUT2D eigenvalue weighted by atomic mass is 19.1. The van der Waals surface area contributed by atoms with Gasteiger partial charge in [0.15, 0.2) is 5.78 Å². The van der Waals surface area contributed by atoms with Crippen molar-refractivity contribution in [2.24, 2.45) is 0 Å². The lowest BCUT2D eigenvalue weighted by Crippen LogP contribution is -2.34. The van der Waals surface area contributed by atoms with E-state index in [4.69, 9.17) is 15.2 Å². The summed E-state index contributed by atoms with van der Waals surface area (Å²) >= 11 is 0. The molecule has 0 aliphatic heterocycles. The normalized spacial score (nSPS) is 10.5. The Morgan fingerprint density at radius 2 is 1.40 bits per heavy atom. The van der Waals surface area contributed by atoms with E-state index in [0.29, 0.717) is 6.07 Å². The van der Waals surface area contributed by atoms with Gasteiger partial charge in [0.05, 0.1) is 11.1 Å². The third-order valence-corrected chi connectivity index (χ3v) is 3.37. The molecule has 25 heavy (non-hydrogen) atoms. The Morgan fingerprint density at radius 1 is 0.800 bits per heavy atom. The van der Waals surface area contributed by atoms with E-state index < -0.39 is 59.8 Å². The zero-order valence-corrected chi connectivity index (χ0v) is 12.3. The second kappa shape index (κ2) is 7.11. The number of hydrogen-bond donors (Lipinski definition) is 5. The van der Waals surface area contributed by atoms with Crippen molar-refractivity contribution in [3.05, 3.63) is 58.7 Å². The molecule has 0 spiro atoms. The molecule has 0 amide bonds. The summed E-state index contributed by atoms with van der Waals surface area (Å²) in [6.45, 7) is 0. The molecule has 0 aliphatic rings. The number of aromatic carboxylic acids is 1. The highest BCUT2D eigenvalue weighted by Crippen LogP contribution is 2.15. The van der Waals surface area contributed by atoms with Crippen LogP contribution in [0, 0.1) is 11.6 Å². The average molecular weight is 350 g/mol. The van der Waals surface area contributed by atoms with E-state index >= 15 is 0 Å². The summed E-state index contributed by atoms with van der Waals surface area (Å²) in [4.78, 5) is 23.5. The quantitative estimate of drug-likeness (QED) is 0.319. The van der Waals surface area contributed by atoms with Crippen molar-refractivity contribution in [3.63, 3.8) is 0 Å². The molecule has 0 saturated heterocycles. The van der Waals surface area contributed by atoms with E-state index in [1.165, 1.54) is 0 Å². The number of rotatable bonds is 5. The number of benzene rings is 2. The first-order valence-corrected chi connectivity index (χ1v) is 6.76. The molecule has 2 rings (SSSR count). The lowest BCUT2D eigenvalue weighted by molar-refractivity contribution is 0.0697. The third kappa shape index (κ3) is 3.91. The van der Waals surface area contributed by atoms with Gasteiger partial charge in [-0.1, -0.05) is 6.07 Å². The van der Waals surface area contributed by atoms with Gasteiger partial charge in [-0.15, -0.1) is 0 Å². The van der Waals surface area contributed by atoms with Gasteiger partial charge >= 0.3 is 20.2 Å². The molecule has 0 radical (unpaired) electrons. The van der Waals surface area contributed by atoms with E-state index in [0.717, 1.165) is 18.2 Å². The molecule has 0 saturated carbocycles. The van der Waals surface area contributed by atoms with E-state index in [1.807, 2.05) is 0 Å². The molecule has 0 bridgehead atoms. The fourth-order valence-corrected chi connectivity index (χ4v) is 2.15. The molecule has 2 aromatic rings. The maximum absolute atomic E-state index is 13.9. The number of hydrogen-bond acceptors (Lipinski definition) is 6. The summed E-state index contributed by atoms with van der Waals surface area (Å²) in [6, 6.07) is 3.57. The van der Waals surface area contributed by atoms with Gasteiger partial charge in [0, 0.05) is 17.1 Å². The molecular formula is C14H10B2F2O7. The minimum Gasteiger partial charge on any atom is -0.478 e. The summed E-state index contributed by atoms with van der Waals surface area (Å²) < 4.78 is 27.4. The van der Waals surface area contributed by atoms with Crippen molar-refractivity contribution in [1.29, 1.82) is 0 Å². The van der Waals surface area contributed by atoms with Crippen molar-refractivity contribution < 1.29 is 43.6 Å². The highest BCUT2D eigenvalue weighted by Gasteiger charge is 2.25. The summed E-state index contributed by atoms with van der Waals surface area (Å²) in [5, 5.41) is 45.5. The zero-order valence-electron chi connectivity index (χ0n) is 12.3. The molecule has 0 heterocycles. The van der Waals surface area contributed by atoms with Crippen molar-refractivity contribution in [2.75, 3.05) is 0 Å². The summed E-state index contributed by atoms with van der Waals surface area (Å²) in [6.07, 6.45) is 0. The fourth-order valence-electron chi connectivity index (χ4n) is 2.15. The van der Waals surface area contributed by atoms with E-state index in [9.17, 15) is 28.4 Å². The first kappa shape index (κ1) is 18.7. The van der Waals surface area contributed by atoms with Crippen molar-refractivity contribution >= 4 is 36.9 Å². The van der Waals surface area contributed by atoms with Gasteiger partial charge in [-0.05, 0) is 23.7 Å². The number of halogens is 2. The highest BCUT2D eigenvalue weighted by molar-refractivity contribution is 6.59. The van der Waals surface area contributed by atoms with Crippen molar-refractivity contribution in [1.82, 2.24) is 0 Å². The van der Waals surface area contributed by atoms with Gasteiger partial charge in [-0.3, -0.25) is 4.79 Å². The van der Waals surface area contributed by atoms with Gasteiger partial charge < -0.3 is 25.2 Å². The predicted molar refractivity (Wildman–Crippen MR) is 82.8 cm³/mol. The first-order valence-electron chi connectivity index (χ1n) is 6.76. The average Bonchev–Trinajstić information content (AvgIpc) is 2.53. The van der Waals surface area contributed by atoms with Crippen LogP contribution in [-0.2, 0) is 0 Å². The Hall–Kier alpha value is -2.59. The molecule has 5 N–H and O–H groups in total. The number of ketones is 1. The second-order valence-corrected chi connectivity index (χ2v) is 5.08. The van der Waals surface area contributed by atoms with Gasteiger partial charge in [0.2, 0.25) is 0 Å². The van der Waals surface area contributed by atoms with Crippen LogP contribution in [0.15, 0.2) is 30.3 Å². The van der Waals surface area contributed by atoms with E-state index in [-0.39, 0.29) is 11.5 Å². The van der Waals surface area contributed by atoms with Crippen LogP contribution in [0.3, 0.4) is 0 Å². The molecule has 0 aromatic heterocycles. The Kier molecular flexibility index (Phi) is 5.33. The number of carbonyl (C=O) groups excluding carboxylic acids is 1. The summed E-state index contributed by atoms with van der Waals surface area (Å²) in [5.74, 6) is -5.17. The molecule has 0 atom stereocenters. The fraction of sp³-hybridized carbons (Fsp3) is 0. The zero-order chi connectivity index (χ0) is 18.9. The molecule has 0 fully saturated rings. The maximum atomic E-state index is 13.9. The van der Waals surface area contributed by atoms with Gasteiger partial charge in [0.25, 0.3) is 0 Å². The molecule has 0 unspecified atom stereocenters. The smallest absolute Gasteiger partial charge is 0.478 e. The Morgan fingerprint density at radius 3 is 1.92 bits per heavy atom. The SMILES string of the molecule is O=C(O)c1cc(B(O)O)cc(C(=O)c2cc(B(O)O)c(F)cc2F)c1. The standard InChI is InChI=1S/C14H10B2F2O7/c17-11-5-12(18)10(16(24)25)4-9(11)13(19)6-1-7(14(20)21)3-8(2-6)15(22)23/h1-5,22-25H,(H,20,21). The first-order chi connectivity index (χ1) is 11.6. The Balaban J connectivity index is 2.61. The lowest BCUT2D eigenvalue weighted by atomic mass is 9.77. The molecule has 0 aliphatic carbocycles. The van der Waals surface area contributed by atoms with Crippen LogP contribution < -0.4 is 10.9 Å². The van der Waals surface area contributed by atoms with Crippen LogP contribution in [0.25, 0.3) is 0 Å². The molecule has 2 aromatic carbocycles. The van der Waals surface area contributed by atoms with Crippen LogP contribution in [0.1, 0.15) is 26.3 Å². The van der Waals surface area contributed by atoms with Gasteiger partial charge in [0.1, 0.15) is 11.6 Å². The summed E-state index contributed by atoms with van der Waals surface area (Å²) in [5.41, 5.74) is -2.69. The van der Waals surface area contributed by atoms with Crippen LogP contribution >= 0.6 is 0 Å². The van der Waals surface area contributed by atoms with E-state index in [2.05, 4.69) is 0 Å². The van der Waals surface area contributed by atoms with Crippen LogP contribution in [0.2, 0.25) is 0 Å². The summed E-state index contributed by atoms with van der Waals surface area (Å²) in [7, 11) is -4.38. The number of carboxylic acids is 1.